The molecule has 0 fully saturated rings. The number of hydrogen-bond acceptors (Lipinski definition) is 3. The van der Waals surface area contributed by atoms with Gasteiger partial charge in [0.25, 0.3) is 5.91 Å². The van der Waals surface area contributed by atoms with Gasteiger partial charge in [0, 0.05) is 21.2 Å². The minimum Gasteiger partial charge on any atom is -0.323 e. The number of rotatable bonds is 7. The maximum Gasteiger partial charge on any atom is 0.255 e. The number of nitrogens with one attached hydrogen (secondary N) is 2. The maximum absolute atomic E-state index is 13.4. The fourth-order valence-corrected chi connectivity index (χ4v) is 4.80. The number of aryl methyl sites for hydroxylation is 1. The van der Waals surface area contributed by atoms with Crippen LogP contribution in [0.5, 0.6) is 0 Å². The molecule has 0 saturated carbocycles. The Morgan fingerprint density at radius 2 is 1.54 bits per heavy atom. The Morgan fingerprint density at radius 3 is 2.29 bits per heavy atom. The molecule has 0 aliphatic carbocycles. The van der Waals surface area contributed by atoms with Crippen LogP contribution in [0, 0.1) is 6.92 Å². The molecule has 0 spiro atoms. The van der Waals surface area contributed by atoms with Gasteiger partial charge < -0.3 is 10.6 Å². The molecular weight excluding hydrogens is 499 g/mol. The van der Waals surface area contributed by atoms with Crippen molar-refractivity contribution in [3.8, 4) is 0 Å². The van der Waals surface area contributed by atoms with Gasteiger partial charge in [-0.1, -0.05) is 77.3 Å². The summed E-state index contributed by atoms with van der Waals surface area (Å²) in [5.41, 5.74) is 3.59. The summed E-state index contributed by atoms with van der Waals surface area (Å²) in [6.07, 6.45) is 0. The fraction of sp³-hybridized carbons (Fsp3) is 0.0714. The molecule has 4 aromatic carbocycles. The summed E-state index contributed by atoms with van der Waals surface area (Å²) in [6, 6.07) is 29.2. The van der Waals surface area contributed by atoms with Gasteiger partial charge in [-0.15, -0.1) is 11.8 Å². The second-order valence-corrected chi connectivity index (χ2v) is 9.89. The van der Waals surface area contributed by atoms with E-state index in [1.165, 1.54) is 11.8 Å². The van der Waals surface area contributed by atoms with E-state index in [4.69, 9.17) is 23.2 Å². The predicted octanol–water partition coefficient (Wildman–Crippen LogP) is 8.03. The summed E-state index contributed by atoms with van der Waals surface area (Å²) in [5.74, 6) is -0.431. The third-order valence-electron chi connectivity index (χ3n) is 5.19. The number of carbonyl (C=O) groups excluding carboxylic acids is 2. The van der Waals surface area contributed by atoms with Crippen molar-refractivity contribution in [3.05, 3.63) is 124 Å². The number of carbonyl (C=O) groups is 2. The zero-order chi connectivity index (χ0) is 24.8. The summed E-state index contributed by atoms with van der Waals surface area (Å²) in [6.45, 7) is 1.97. The third kappa shape index (κ3) is 6.67. The second kappa shape index (κ2) is 11.5. The lowest BCUT2D eigenvalue weighted by Crippen LogP contribution is -2.19. The van der Waals surface area contributed by atoms with Crippen molar-refractivity contribution in [2.45, 2.75) is 17.1 Å². The topological polar surface area (TPSA) is 58.2 Å². The molecule has 0 aliphatic rings. The highest BCUT2D eigenvalue weighted by atomic mass is 35.5. The van der Waals surface area contributed by atoms with Crippen LogP contribution in [-0.2, 0) is 4.79 Å². The number of halogens is 2. The second-order valence-electron chi connectivity index (χ2n) is 7.87. The van der Waals surface area contributed by atoms with Crippen molar-refractivity contribution in [2.24, 2.45) is 0 Å². The molecule has 0 saturated heterocycles. The minimum atomic E-state index is -0.561. The van der Waals surface area contributed by atoms with Crippen LogP contribution in [0.25, 0.3) is 0 Å². The number of anilines is 2. The summed E-state index contributed by atoms with van der Waals surface area (Å²) in [7, 11) is 0. The number of benzene rings is 4. The molecule has 1 unspecified atom stereocenters. The van der Waals surface area contributed by atoms with Gasteiger partial charge in [0.2, 0.25) is 5.91 Å². The number of hydrogen-bond donors (Lipinski definition) is 2. The van der Waals surface area contributed by atoms with Crippen molar-refractivity contribution >= 4 is 58.2 Å². The SMILES string of the molecule is Cc1ccc(C(=O)Nc2cccc(SC(C(=O)Nc3cc(Cl)ccc3Cl)c3ccccc3)c2)cc1. The quantitative estimate of drug-likeness (QED) is 0.242. The van der Waals surface area contributed by atoms with Gasteiger partial charge in [-0.2, -0.15) is 0 Å². The van der Waals surface area contributed by atoms with E-state index < -0.39 is 5.25 Å². The highest BCUT2D eigenvalue weighted by Gasteiger charge is 2.23. The van der Waals surface area contributed by atoms with E-state index in [1.54, 1.807) is 30.3 Å². The zero-order valence-electron chi connectivity index (χ0n) is 18.8. The van der Waals surface area contributed by atoms with E-state index >= 15 is 0 Å². The van der Waals surface area contributed by atoms with Crippen LogP contribution in [0.15, 0.2) is 102 Å². The first-order valence-electron chi connectivity index (χ1n) is 10.8. The van der Waals surface area contributed by atoms with Crippen molar-refractivity contribution < 1.29 is 9.59 Å². The average Bonchev–Trinajstić information content (AvgIpc) is 2.86. The van der Waals surface area contributed by atoms with Crippen LogP contribution < -0.4 is 10.6 Å². The molecule has 2 amide bonds. The van der Waals surface area contributed by atoms with Gasteiger partial charge in [0.15, 0.2) is 0 Å². The lowest BCUT2D eigenvalue weighted by molar-refractivity contribution is -0.115. The maximum atomic E-state index is 13.4. The normalized spacial score (nSPS) is 11.5. The highest BCUT2D eigenvalue weighted by molar-refractivity contribution is 8.00. The zero-order valence-corrected chi connectivity index (χ0v) is 21.1. The van der Waals surface area contributed by atoms with E-state index in [0.717, 1.165) is 16.0 Å². The Bertz CT molecular complexity index is 1340. The molecule has 0 aliphatic heterocycles. The van der Waals surface area contributed by atoms with E-state index in [1.807, 2.05) is 73.7 Å². The first kappa shape index (κ1) is 24.9. The smallest absolute Gasteiger partial charge is 0.255 e. The molecule has 35 heavy (non-hydrogen) atoms. The van der Waals surface area contributed by atoms with Gasteiger partial charge in [-0.3, -0.25) is 9.59 Å². The molecule has 0 bridgehead atoms. The fourth-order valence-electron chi connectivity index (χ4n) is 3.38. The van der Waals surface area contributed by atoms with Crippen LogP contribution >= 0.6 is 35.0 Å². The summed E-state index contributed by atoms with van der Waals surface area (Å²) >= 11 is 13.7. The predicted molar refractivity (Wildman–Crippen MR) is 146 cm³/mol. The summed E-state index contributed by atoms with van der Waals surface area (Å²) in [5, 5.41) is 6.15. The Labute approximate surface area is 218 Å². The highest BCUT2D eigenvalue weighted by Crippen LogP contribution is 2.38. The van der Waals surface area contributed by atoms with E-state index in [2.05, 4.69) is 10.6 Å². The van der Waals surface area contributed by atoms with Crippen molar-refractivity contribution in [3.63, 3.8) is 0 Å². The average molecular weight is 521 g/mol. The molecule has 4 rings (SSSR count). The molecular formula is C28H22Cl2N2O2S. The Balaban J connectivity index is 1.55. The molecule has 1 atom stereocenters. The first-order valence-corrected chi connectivity index (χ1v) is 12.5. The van der Waals surface area contributed by atoms with Crippen molar-refractivity contribution in [1.29, 1.82) is 0 Å². The lowest BCUT2D eigenvalue weighted by atomic mass is 10.1. The minimum absolute atomic E-state index is 0.194. The molecule has 7 heteroatoms. The Morgan fingerprint density at radius 1 is 0.800 bits per heavy atom. The summed E-state index contributed by atoms with van der Waals surface area (Å²) < 4.78 is 0. The third-order valence-corrected chi connectivity index (χ3v) is 7.00. The largest absolute Gasteiger partial charge is 0.323 e. The van der Waals surface area contributed by atoms with Gasteiger partial charge in [0.05, 0.1) is 10.7 Å². The van der Waals surface area contributed by atoms with Gasteiger partial charge in [-0.05, 0) is 61.0 Å². The number of amides is 2. The molecule has 2 N–H and O–H groups in total. The molecule has 4 nitrogen and oxygen atoms in total. The van der Waals surface area contributed by atoms with Gasteiger partial charge in [0.1, 0.15) is 5.25 Å². The number of thioether (sulfide) groups is 1. The standard InChI is InChI=1S/C28H22Cl2N2O2S/c1-18-10-12-20(13-11-18)27(33)31-22-8-5-9-23(17-22)35-26(19-6-3-2-4-7-19)28(34)32-25-16-21(29)14-15-24(25)30/h2-17,26H,1H3,(H,31,33)(H,32,34). The molecule has 176 valence electrons. The van der Waals surface area contributed by atoms with Crippen LogP contribution in [-0.4, -0.2) is 11.8 Å². The van der Waals surface area contributed by atoms with E-state index in [9.17, 15) is 9.59 Å². The van der Waals surface area contributed by atoms with Crippen LogP contribution in [0.1, 0.15) is 26.7 Å². The first-order chi connectivity index (χ1) is 16.9. The van der Waals surface area contributed by atoms with Crippen LogP contribution in [0.2, 0.25) is 10.0 Å². The van der Waals surface area contributed by atoms with E-state index in [0.29, 0.717) is 27.0 Å². The van der Waals surface area contributed by atoms with Crippen molar-refractivity contribution in [1.82, 2.24) is 0 Å². The van der Waals surface area contributed by atoms with Crippen molar-refractivity contribution in [2.75, 3.05) is 10.6 Å². The van der Waals surface area contributed by atoms with Crippen LogP contribution in [0.4, 0.5) is 11.4 Å². The molecule has 0 heterocycles. The Kier molecular flexibility index (Phi) is 8.13. The lowest BCUT2D eigenvalue weighted by Gasteiger charge is -2.18. The van der Waals surface area contributed by atoms with Gasteiger partial charge in [-0.25, -0.2) is 0 Å². The molecule has 0 radical (unpaired) electrons. The monoisotopic (exact) mass is 520 g/mol. The molecule has 0 aromatic heterocycles. The van der Waals surface area contributed by atoms with Gasteiger partial charge >= 0.3 is 0 Å². The molecule has 4 aromatic rings. The van der Waals surface area contributed by atoms with E-state index in [-0.39, 0.29) is 11.8 Å². The Hall–Kier alpha value is -3.25. The summed E-state index contributed by atoms with van der Waals surface area (Å²) in [4.78, 5) is 26.8. The van der Waals surface area contributed by atoms with Crippen LogP contribution in [0.3, 0.4) is 0 Å².